The van der Waals surface area contributed by atoms with Crippen molar-refractivity contribution in [3.63, 3.8) is 0 Å². The molecule has 1 fully saturated rings. The van der Waals surface area contributed by atoms with Crippen LogP contribution in [-0.2, 0) is 4.79 Å². The van der Waals surface area contributed by atoms with Gasteiger partial charge in [-0.05, 0) is 64.8 Å². The second kappa shape index (κ2) is 14.8. The summed E-state index contributed by atoms with van der Waals surface area (Å²) in [6, 6.07) is 10.8. The Morgan fingerprint density at radius 1 is 0.556 bits per heavy atom. The van der Waals surface area contributed by atoms with Crippen LogP contribution in [0.5, 0.6) is 0 Å². The maximum Gasteiger partial charge on any atom is 0.138 e. The van der Waals surface area contributed by atoms with Crippen molar-refractivity contribution in [2.24, 2.45) is 54.1 Å². The normalized spacial score (nSPS) is 18.0. The molecule has 1 aromatic carbocycles. The van der Waals surface area contributed by atoms with E-state index in [4.69, 9.17) is 0 Å². The molecule has 1 atom stereocenters. The number of carbonyl (C=O) groups is 1. The first-order chi connectivity index (χ1) is 23.8. The summed E-state index contributed by atoms with van der Waals surface area (Å²) in [6.45, 7) is 65.4. The highest BCUT2D eigenvalue weighted by molar-refractivity contribution is 6.87. The lowest BCUT2D eigenvalue weighted by atomic mass is 9.33. The zero-order chi connectivity index (χ0) is 42.8. The van der Waals surface area contributed by atoms with Crippen LogP contribution in [0.15, 0.2) is 30.3 Å². The molecule has 0 unspecified atom stereocenters. The second-order valence-electron chi connectivity index (χ2n) is 24.3. The lowest BCUT2D eigenvalue weighted by molar-refractivity contribution is -0.234. The van der Waals surface area contributed by atoms with E-state index in [0.717, 1.165) is 19.5 Å². The van der Waals surface area contributed by atoms with Crippen LogP contribution < -0.4 is 0 Å². The predicted octanol–water partition coefficient (Wildman–Crippen LogP) is 15.1. The highest BCUT2D eigenvalue weighted by Crippen LogP contribution is 2.76. The summed E-state index contributed by atoms with van der Waals surface area (Å²) in [5.41, 5.74) is 5.35. The molecule has 310 valence electrons. The van der Waals surface area contributed by atoms with Gasteiger partial charge >= 0.3 is 0 Å². The molecule has 0 radical (unpaired) electrons. The lowest BCUT2D eigenvalue weighted by Crippen LogP contribution is -2.66. The zero-order valence-corrected chi connectivity index (χ0v) is 41.9. The monoisotopic (exact) mass is 762 g/mol. The van der Waals surface area contributed by atoms with Gasteiger partial charge in [0.05, 0.1) is 6.04 Å². The summed E-state index contributed by atoms with van der Waals surface area (Å²) in [4.78, 5) is 14.7. The average Bonchev–Trinajstić information content (AvgIpc) is 3.04. The summed E-state index contributed by atoms with van der Waals surface area (Å²) in [5, 5.41) is -0.0281. The number of benzene rings is 1. The first-order valence-corrected chi connectivity index (χ1v) is 24.6. The van der Waals surface area contributed by atoms with Gasteiger partial charge in [-0.3, -0.25) is 9.69 Å². The third-order valence-electron chi connectivity index (χ3n) is 21.6. The molecule has 1 heterocycles. The molecular weight excluding hydrogens is 671 g/mol. The second-order valence-corrected chi connectivity index (χ2v) is 29.0. The highest BCUT2D eigenvalue weighted by Gasteiger charge is 2.69. The number of rotatable bonds is 14. The summed E-state index contributed by atoms with van der Waals surface area (Å²) in [7, 11) is -2.22. The molecule has 0 N–H and O–H groups in total. The molecule has 1 aliphatic rings. The van der Waals surface area contributed by atoms with Crippen LogP contribution in [0.3, 0.4) is 0 Å². The van der Waals surface area contributed by atoms with E-state index in [2.05, 4.69) is 219 Å². The number of hydrogen-bond donors (Lipinski definition) is 0. The van der Waals surface area contributed by atoms with Crippen LogP contribution in [0, 0.1) is 65.6 Å². The Bertz CT molecular complexity index is 1520. The zero-order valence-electron chi connectivity index (χ0n) is 40.9. The van der Waals surface area contributed by atoms with Crippen molar-refractivity contribution in [1.82, 2.24) is 4.90 Å². The highest BCUT2D eigenvalue weighted by atomic mass is 28.3. The Hall–Kier alpha value is -1.37. The van der Waals surface area contributed by atoms with Gasteiger partial charge in [-0.15, -0.1) is 5.54 Å². The van der Waals surface area contributed by atoms with E-state index < -0.39 is 8.07 Å². The molecule has 1 aromatic rings. The molecule has 1 aliphatic heterocycles. The molecule has 3 heteroatoms. The molecule has 0 aromatic heterocycles. The van der Waals surface area contributed by atoms with Crippen molar-refractivity contribution in [2.75, 3.05) is 13.1 Å². The summed E-state index contributed by atoms with van der Waals surface area (Å²) in [5.74, 6) is 4.26. The van der Waals surface area contributed by atoms with Crippen LogP contribution in [0.1, 0.15) is 190 Å². The van der Waals surface area contributed by atoms with Crippen molar-refractivity contribution >= 4 is 13.9 Å². The number of likely N-dealkylation sites (tertiary alicyclic amines) is 1. The Morgan fingerprint density at radius 3 is 1.24 bits per heavy atom. The molecule has 0 saturated carbocycles. The molecule has 1 saturated heterocycles. The van der Waals surface area contributed by atoms with Crippen LogP contribution in [-0.4, -0.2) is 31.8 Å². The maximum atomic E-state index is 12.2. The number of Topliss-reactive ketones (excluding diaryl/α,β-unsaturated/α-hetero) is 1. The smallest absolute Gasteiger partial charge is 0.138 e. The fraction of sp³-hybridized carbons (Fsp3) is 0.824. The Kier molecular flexibility index (Phi) is 13.3. The number of hydrogen-bond acceptors (Lipinski definition) is 2. The Labute approximate surface area is 339 Å². The van der Waals surface area contributed by atoms with E-state index in [-0.39, 0.29) is 65.2 Å². The predicted molar refractivity (Wildman–Crippen MR) is 242 cm³/mol. The third kappa shape index (κ3) is 7.09. The Morgan fingerprint density at radius 2 is 0.889 bits per heavy atom. The molecule has 0 spiro atoms. The Balaban J connectivity index is 2.70. The van der Waals surface area contributed by atoms with Crippen LogP contribution in [0.2, 0.25) is 18.1 Å². The van der Waals surface area contributed by atoms with Crippen molar-refractivity contribution in [1.29, 1.82) is 0 Å². The first kappa shape index (κ1) is 48.8. The van der Waals surface area contributed by atoms with Gasteiger partial charge in [-0.2, -0.15) is 0 Å². The van der Waals surface area contributed by atoms with Gasteiger partial charge in [-0.25, -0.2) is 0 Å². The molecule has 0 bridgehead atoms. The van der Waals surface area contributed by atoms with E-state index >= 15 is 0 Å². The minimum Gasteiger partial charge on any atom is -0.300 e. The van der Waals surface area contributed by atoms with Crippen molar-refractivity contribution in [3.05, 3.63) is 35.9 Å². The summed E-state index contributed by atoms with van der Waals surface area (Å²) >= 11 is 0. The van der Waals surface area contributed by atoms with E-state index in [1.807, 2.05) is 0 Å². The van der Waals surface area contributed by atoms with Gasteiger partial charge in [-0.1, -0.05) is 215 Å². The molecular formula is C51H91NOSi. The molecule has 54 heavy (non-hydrogen) atoms. The van der Waals surface area contributed by atoms with Crippen molar-refractivity contribution in [2.45, 2.75) is 203 Å². The molecule has 2 rings (SSSR count). The molecule has 0 amide bonds. The fourth-order valence-electron chi connectivity index (χ4n) is 10.8. The van der Waals surface area contributed by atoms with Crippen molar-refractivity contribution in [3.8, 4) is 11.5 Å². The van der Waals surface area contributed by atoms with E-state index in [1.165, 1.54) is 5.56 Å². The van der Waals surface area contributed by atoms with Crippen molar-refractivity contribution < 1.29 is 4.79 Å². The van der Waals surface area contributed by atoms with E-state index in [9.17, 15) is 4.79 Å². The fourth-order valence-corrected chi connectivity index (χ4v) is 13.5. The van der Waals surface area contributed by atoms with Gasteiger partial charge in [0.15, 0.2) is 0 Å². The molecule has 0 aliphatic carbocycles. The van der Waals surface area contributed by atoms with Gasteiger partial charge in [0.2, 0.25) is 0 Å². The SMILES string of the molecule is CCC(C)(C)C(C)(C)C(C)(C)C(C)(C)C(C)(C)C(C)(C)C(C)(C)C(C)(C)C(C)(C)C(C)(C)C(C)(C)[Si](C)(C)C#C[C@@H](c1ccccc1)N1CCC(=O)CC1. The lowest BCUT2D eigenvalue weighted by Gasteiger charge is -2.72. The number of carbonyl (C=O) groups excluding carboxylic acids is 1. The van der Waals surface area contributed by atoms with Gasteiger partial charge in [0, 0.05) is 25.9 Å². The van der Waals surface area contributed by atoms with Crippen LogP contribution in [0.25, 0.3) is 0 Å². The first-order valence-electron chi connectivity index (χ1n) is 21.6. The topological polar surface area (TPSA) is 20.3 Å². The average molecular weight is 762 g/mol. The van der Waals surface area contributed by atoms with Gasteiger partial charge in [0.1, 0.15) is 13.9 Å². The minimum atomic E-state index is -2.22. The third-order valence-corrected chi connectivity index (χ3v) is 26.1. The van der Waals surface area contributed by atoms with Gasteiger partial charge < -0.3 is 0 Å². The number of ketones is 1. The van der Waals surface area contributed by atoms with Crippen LogP contribution in [0.4, 0.5) is 0 Å². The number of nitrogens with zero attached hydrogens (tertiary/aromatic N) is 1. The standard InChI is InChI=1S/C51H91NOSi/c1-26-41(2,3)42(4,5)43(6,7)44(8,9)45(10,11)46(12,13)47(14,15)48(16,17)49(18,19)50(20,21)51(22,23)54(24,25)37-34-40(38-30-28-27-29-31-38)52-35-32-39(53)33-36-52/h27-31,40H,26,32-33,35-36H2,1-25H3/t40-/m0/s1. The minimum absolute atomic E-state index is 0.00710. The van der Waals surface area contributed by atoms with E-state index in [1.54, 1.807) is 0 Å². The molecule has 2 nitrogen and oxygen atoms in total. The largest absolute Gasteiger partial charge is 0.300 e. The van der Waals surface area contributed by atoms with Gasteiger partial charge in [0.25, 0.3) is 0 Å². The van der Waals surface area contributed by atoms with Crippen LogP contribution >= 0.6 is 0 Å². The summed E-state index contributed by atoms with van der Waals surface area (Å²) in [6.07, 6.45) is 2.41. The quantitative estimate of drug-likeness (QED) is 0.139. The number of piperidine rings is 1. The summed E-state index contributed by atoms with van der Waals surface area (Å²) < 4.78 is 0. The van der Waals surface area contributed by atoms with E-state index in [0.29, 0.717) is 18.6 Å². The maximum absolute atomic E-state index is 12.2.